The second kappa shape index (κ2) is 11.7. The molecule has 0 bridgehead atoms. The second-order valence-corrected chi connectivity index (χ2v) is 10.3. The van der Waals surface area contributed by atoms with Crippen LogP contribution in [0.15, 0.2) is 71.5 Å². The monoisotopic (exact) mass is 525 g/mol. The van der Waals surface area contributed by atoms with Gasteiger partial charge in [0.2, 0.25) is 0 Å². The highest BCUT2D eigenvalue weighted by Gasteiger charge is 2.30. The maximum atomic E-state index is 13.1. The van der Waals surface area contributed by atoms with Crippen LogP contribution >= 0.6 is 0 Å². The first-order valence-corrected chi connectivity index (χ1v) is 13.8. The molecule has 3 aromatic carbocycles. The van der Waals surface area contributed by atoms with Gasteiger partial charge in [0.1, 0.15) is 11.6 Å². The van der Waals surface area contributed by atoms with E-state index < -0.39 is 5.97 Å². The van der Waals surface area contributed by atoms with Gasteiger partial charge in [-0.25, -0.2) is 4.79 Å². The molecule has 0 saturated heterocycles. The Morgan fingerprint density at radius 2 is 1.72 bits per heavy atom. The van der Waals surface area contributed by atoms with Crippen LogP contribution in [0.1, 0.15) is 61.2 Å². The molecule has 1 aliphatic carbocycles. The standard InChI is InChI=1S/C32H35N3O4/c1-3-19-39-29-18-13-25(20-26(29)21-31(36)37)24-11-9-23(10-12-24)5-4-6-30-33-35(28-14-7-22(2)8-15-28)32(38)34(30)27-16-17-27/h7-15,18,20,27H,3-6,16-17,19,21H2,1-2H3,(H,36,37). The van der Waals surface area contributed by atoms with Crippen LogP contribution in [0, 0.1) is 6.92 Å². The van der Waals surface area contributed by atoms with Crippen LogP contribution in [0.5, 0.6) is 5.75 Å². The minimum Gasteiger partial charge on any atom is -0.493 e. The van der Waals surface area contributed by atoms with E-state index >= 15 is 0 Å². The molecule has 0 unspecified atom stereocenters. The Morgan fingerprint density at radius 3 is 2.38 bits per heavy atom. The molecule has 1 N–H and O–H groups in total. The number of aromatic nitrogens is 3. The third-order valence-corrected chi connectivity index (χ3v) is 7.09. The molecule has 0 atom stereocenters. The summed E-state index contributed by atoms with van der Waals surface area (Å²) in [4.78, 5) is 24.5. The number of carboxylic acids is 1. The van der Waals surface area contributed by atoms with Crippen LogP contribution in [0.2, 0.25) is 0 Å². The van der Waals surface area contributed by atoms with Gasteiger partial charge in [0.05, 0.1) is 18.7 Å². The number of carbonyl (C=O) groups is 1. The van der Waals surface area contributed by atoms with Crippen molar-refractivity contribution in [3.8, 4) is 22.6 Å². The topological polar surface area (TPSA) is 86.4 Å². The average Bonchev–Trinajstić information content (AvgIpc) is 3.71. The lowest BCUT2D eigenvalue weighted by molar-refractivity contribution is -0.136. The van der Waals surface area contributed by atoms with Gasteiger partial charge < -0.3 is 9.84 Å². The first-order chi connectivity index (χ1) is 18.9. The van der Waals surface area contributed by atoms with Gasteiger partial charge in [-0.1, -0.05) is 55.0 Å². The Morgan fingerprint density at radius 1 is 1.00 bits per heavy atom. The lowest BCUT2D eigenvalue weighted by Crippen LogP contribution is -2.23. The van der Waals surface area contributed by atoms with Gasteiger partial charge in [-0.05, 0) is 80.0 Å². The normalized spacial score (nSPS) is 13.0. The molecule has 0 spiro atoms. The fraction of sp³-hybridized carbons (Fsp3) is 0.344. The van der Waals surface area contributed by atoms with Gasteiger partial charge in [-0.3, -0.25) is 9.36 Å². The van der Waals surface area contributed by atoms with E-state index in [9.17, 15) is 14.7 Å². The third kappa shape index (κ3) is 6.30. The molecular weight excluding hydrogens is 490 g/mol. The summed E-state index contributed by atoms with van der Waals surface area (Å²) in [5.41, 5.74) is 5.81. The van der Waals surface area contributed by atoms with Gasteiger partial charge in [-0.15, -0.1) is 5.10 Å². The number of nitrogens with zero attached hydrogens (tertiary/aromatic N) is 3. The summed E-state index contributed by atoms with van der Waals surface area (Å²) in [6, 6.07) is 22.3. The SMILES string of the molecule is CCCOc1ccc(-c2ccc(CCCc3nn(-c4ccc(C)cc4)c(=O)n3C3CC3)cc2)cc1CC(=O)O. The third-order valence-electron chi connectivity index (χ3n) is 7.09. The van der Waals surface area contributed by atoms with Crippen LogP contribution in [-0.2, 0) is 24.1 Å². The van der Waals surface area contributed by atoms with E-state index in [-0.39, 0.29) is 18.2 Å². The summed E-state index contributed by atoms with van der Waals surface area (Å²) < 4.78 is 9.19. The first-order valence-electron chi connectivity index (χ1n) is 13.8. The highest BCUT2D eigenvalue weighted by molar-refractivity contribution is 5.74. The van der Waals surface area contributed by atoms with Crippen LogP contribution in [0.3, 0.4) is 0 Å². The Hall–Kier alpha value is -4.13. The molecule has 1 saturated carbocycles. The first kappa shape index (κ1) is 26.5. The minimum absolute atomic E-state index is 0.0471. The average molecular weight is 526 g/mol. The second-order valence-electron chi connectivity index (χ2n) is 10.3. The lowest BCUT2D eigenvalue weighted by Gasteiger charge is -2.12. The van der Waals surface area contributed by atoms with Crippen molar-refractivity contribution in [3.63, 3.8) is 0 Å². The van der Waals surface area contributed by atoms with Crippen molar-refractivity contribution in [1.82, 2.24) is 14.3 Å². The van der Waals surface area contributed by atoms with E-state index in [1.165, 1.54) is 5.56 Å². The molecule has 5 rings (SSSR count). The molecule has 202 valence electrons. The van der Waals surface area contributed by atoms with Gasteiger partial charge in [0.25, 0.3) is 0 Å². The van der Waals surface area contributed by atoms with E-state index in [0.29, 0.717) is 17.9 Å². The van der Waals surface area contributed by atoms with Gasteiger partial charge in [-0.2, -0.15) is 4.68 Å². The summed E-state index contributed by atoms with van der Waals surface area (Å²) >= 11 is 0. The molecule has 0 radical (unpaired) electrons. The summed E-state index contributed by atoms with van der Waals surface area (Å²) in [5.74, 6) is 0.616. The Kier molecular flexibility index (Phi) is 7.96. The molecule has 39 heavy (non-hydrogen) atoms. The van der Waals surface area contributed by atoms with Crippen LogP contribution in [-0.4, -0.2) is 32.0 Å². The maximum Gasteiger partial charge on any atom is 0.350 e. The molecular formula is C32H35N3O4. The largest absolute Gasteiger partial charge is 0.493 e. The number of rotatable bonds is 12. The Balaban J connectivity index is 1.26. The predicted octanol–water partition coefficient (Wildman–Crippen LogP) is 5.94. The van der Waals surface area contributed by atoms with Crippen molar-refractivity contribution in [2.45, 2.75) is 64.8 Å². The van der Waals surface area contributed by atoms with Crippen molar-refractivity contribution in [1.29, 1.82) is 0 Å². The number of ether oxygens (including phenoxy) is 1. The van der Waals surface area contributed by atoms with Crippen LogP contribution in [0.25, 0.3) is 16.8 Å². The maximum absolute atomic E-state index is 13.1. The van der Waals surface area contributed by atoms with Gasteiger partial charge in [0, 0.05) is 18.0 Å². The number of carboxylic acid groups (broad SMARTS) is 1. The number of aryl methyl sites for hydroxylation is 3. The highest BCUT2D eigenvalue weighted by atomic mass is 16.5. The summed E-state index contributed by atoms with van der Waals surface area (Å²) in [7, 11) is 0. The molecule has 1 heterocycles. The van der Waals surface area contributed by atoms with Crippen molar-refractivity contribution >= 4 is 5.97 Å². The van der Waals surface area contributed by atoms with E-state index in [4.69, 9.17) is 9.84 Å². The van der Waals surface area contributed by atoms with E-state index in [1.54, 1.807) is 4.68 Å². The smallest absolute Gasteiger partial charge is 0.350 e. The molecule has 7 nitrogen and oxygen atoms in total. The van der Waals surface area contributed by atoms with Crippen LogP contribution in [0.4, 0.5) is 0 Å². The van der Waals surface area contributed by atoms with E-state index in [0.717, 1.165) is 66.7 Å². The summed E-state index contributed by atoms with van der Waals surface area (Å²) in [5, 5.41) is 14.1. The van der Waals surface area contributed by atoms with Crippen molar-refractivity contribution in [2.75, 3.05) is 6.61 Å². The van der Waals surface area contributed by atoms with Crippen LogP contribution < -0.4 is 10.4 Å². The molecule has 1 fully saturated rings. The van der Waals surface area contributed by atoms with Crippen molar-refractivity contribution in [3.05, 3.63) is 99.7 Å². The summed E-state index contributed by atoms with van der Waals surface area (Å²) in [6.45, 7) is 4.61. The summed E-state index contributed by atoms with van der Waals surface area (Å²) in [6.07, 6.45) is 5.37. The Labute approximate surface area is 228 Å². The lowest BCUT2D eigenvalue weighted by atomic mass is 9.98. The molecule has 1 aliphatic rings. The fourth-order valence-electron chi connectivity index (χ4n) is 4.87. The van der Waals surface area contributed by atoms with Crippen molar-refractivity contribution in [2.24, 2.45) is 0 Å². The molecule has 0 amide bonds. The molecule has 7 heteroatoms. The quantitative estimate of drug-likeness (QED) is 0.248. The van der Waals surface area contributed by atoms with Gasteiger partial charge in [0.15, 0.2) is 0 Å². The molecule has 1 aromatic heterocycles. The Bertz CT molecular complexity index is 1500. The molecule has 0 aliphatic heterocycles. The number of aliphatic carboxylic acids is 1. The number of hydrogen-bond acceptors (Lipinski definition) is 4. The van der Waals surface area contributed by atoms with E-state index in [2.05, 4.69) is 24.3 Å². The molecule has 4 aromatic rings. The predicted molar refractivity (Wildman–Crippen MR) is 152 cm³/mol. The minimum atomic E-state index is -0.875. The van der Waals surface area contributed by atoms with Crippen molar-refractivity contribution < 1.29 is 14.6 Å². The zero-order chi connectivity index (χ0) is 27.4. The van der Waals surface area contributed by atoms with E-state index in [1.807, 2.05) is 60.9 Å². The zero-order valence-corrected chi connectivity index (χ0v) is 22.6. The highest BCUT2D eigenvalue weighted by Crippen LogP contribution is 2.35. The fourth-order valence-corrected chi connectivity index (χ4v) is 4.87. The van der Waals surface area contributed by atoms with Gasteiger partial charge >= 0.3 is 11.7 Å². The number of benzene rings is 3. The zero-order valence-electron chi connectivity index (χ0n) is 22.6. The number of hydrogen-bond donors (Lipinski definition) is 1.